The molecule has 1 aromatic carbocycles. The van der Waals surface area contributed by atoms with Gasteiger partial charge in [-0.05, 0) is 24.0 Å². The number of rotatable bonds is 2. The molecular formula is C10H11F3. The van der Waals surface area contributed by atoms with E-state index >= 15 is 0 Å². The molecule has 0 saturated carbocycles. The van der Waals surface area contributed by atoms with Crippen molar-refractivity contribution in [2.45, 2.75) is 20.3 Å². The zero-order valence-electron chi connectivity index (χ0n) is 7.57. The maximum absolute atomic E-state index is 13.0. The molecule has 0 unspecified atom stereocenters. The third kappa shape index (κ3) is 2.47. The van der Waals surface area contributed by atoms with Crippen LogP contribution in [0.2, 0.25) is 0 Å². The van der Waals surface area contributed by atoms with E-state index in [0.29, 0.717) is 12.5 Å². The highest BCUT2D eigenvalue weighted by molar-refractivity contribution is 5.20. The largest absolute Gasteiger partial charge is 0.207 e. The molecule has 0 radical (unpaired) electrons. The van der Waals surface area contributed by atoms with E-state index in [9.17, 15) is 13.2 Å². The van der Waals surface area contributed by atoms with Gasteiger partial charge in [0.2, 0.25) is 0 Å². The molecule has 13 heavy (non-hydrogen) atoms. The fourth-order valence-electron chi connectivity index (χ4n) is 1.20. The van der Waals surface area contributed by atoms with Crippen molar-refractivity contribution in [3.63, 3.8) is 0 Å². The van der Waals surface area contributed by atoms with Crippen LogP contribution in [0.5, 0.6) is 0 Å². The minimum atomic E-state index is -1.12. The van der Waals surface area contributed by atoms with Crippen molar-refractivity contribution in [3.8, 4) is 0 Å². The van der Waals surface area contributed by atoms with Crippen LogP contribution in [-0.2, 0) is 6.42 Å². The maximum Gasteiger partial charge on any atom is 0.162 e. The summed E-state index contributed by atoms with van der Waals surface area (Å²) in [6, 6.07) is 1.59. The molecule has 0 aliphatic carbocycles. The first-order valence-electron chi connectivity index (χ1n) is 4.14. The molecular weight excluding hydrogens is 177 g/mol. The van der Waals surface area contributed by atoms with Crippen LogP contribution in [-0.4, -0.2) is 0 Å². The normalized spacial score (nSPS) is 10.9. The highest BCUT2D eigenvalue weighted by Gasteiger charge is 2.11. The topological polar surface area (TPSA) is 0 Å². The van der Waals surface area contributed by atoms with Crippen molar-refractivity contribution in [1.29, 1.82) is 0 Å². The van der Waals surface area contributed by atoms with Gasteiger partial charge in [0.25, 0.3) is 0 Å². The van der Waals surface area contributed by atoms with Crippen molar-refractivity contribution in [1.82, 2.24) is 0 Å². The second-order valence-corrected chi connectivity index (χ2v) is 3.46. The van der Waals surface area contributed by atoms with E-state index in [1.54, 1.807) is 0 Å². The van der Waals surface area contributed by atoms with Gasteiger partial charge in [0.15, 0.2) is 11.6 Å². The summed E-state index contributed by atoms with van der Waals surface area (Å²) in [6.07, 6.45) is 0.348. The van der Waals surface area contributed by atoms with Gasteiger partial charge in [-0.2, -0.15) is 0 Å². The molecule has 0 fully saturated rings. The molecule has 0 spiro atoms. The summed E-state index contributed by atoms with van der Waals surface area (Å²) in [5.41, 5.74) is 0.104. The summed E-state index contributed by atoms with van der Waals surface area (Å²) in [4.78, 5) is 0. The lowest BCUT2D eigenvalue weighted by atomic mass is 10.0. The zero-order chi connectivity index (χ0) is 10.0. The lowest BCUT2D eigenvalue weighted by molar-refractivity contribution is 0.476. The van der Waals surface area contributed by atoms with Gasteiger partial charge in [-0.3, -0.25) is 0 Å². The number of hydrogen-bond acceptors (Lipinski definition) is 0. The Morgan fingerprint density at radius 1 is 1.15 bits per heavy atom. The van der Waals surface area contributed by atoms with Crippen molar-refractivity contribution in [3.05, 3.63) is 35.1 Å². The zero-order valence-corrected chi connectivity index (χ0v) is 7.57. The Balaban J connectivity index is 3.05. The summed E-state index contributed by atoms with van der Waals surface area (Å²) in [5.74, 6) is -2.60. The Kier molecular flexibility index (Phi) is 2.96. The first-order chi connectivity index (χ1) is 6.00. The summed E-state index contributed by atoms with van der Waals surface area (Å²) in [6.45, 7) is 3.73. The van der Waals surface area contributed by atoms with Crippen molar-refractivity contribution in [2.75, 3.05) is 0 Å². The molecule has 0 N–H and O–H groups in total. The van der Waals surface area contributed by atoms with E-state index in [0.717, 1.165) is 6.07 Å². The average molecular weight is 188 g/mol. The van der Waals surface area contributed by atoms with Crippen LogP contribution in [0.3, 0.4) is 0 Å². The van der Waals surface area contributed by atoms with Crippen LogP contribution >= 0.6 is 0 Å². The van der Waals surface area contributed by atoms with Crippen LogP contribution in [0.15, 0.2) is 12.1 Å². The van der Waals surface area contributed by atoms with Crippen LogP contribution in [0.4, 0.5) is 13.2 Å². The summed E-state index contributed by atoms with van der Waals surface area (Å²) < 4.78 is 38.3. The standard InChI is InChI=1S/C10H11F3/c1-6(2)3-7-4-8(11)5-9(12)10(7)13/h4-6H,3H2,1-2H3. The van der Waals surface area contributed by atoms with E-state index in [-0.39, 0.29) is 11.5 Å². The third-order valence-corrected chi connectivity index (χ3v) is 1.70. The molecule has 72 valence electrons. The molecule has 1 rings (SSSR count). The Morgan fingerprint density at radius 3 is 2.31 bits per heavy atom. The molecule has 0 aromatic heterocycles. The summed E-state index contributed by atoms with van der Waals surface area (Å²) >= 11 is 0. The minimum absolute atomic E-state index is 0.104. The second-order valence-electron chi connectivity index (χ2n) is 3.46. The Hall–Kier alpha value is -0.990. The fourth-order valence-corrected chi connectivity index (χ4v) is 1.20. The second kappa shape index (κ2) is 3.81. The van der Waals surface area contributed by atoms with Crippen molar-refractivity contribution >= 4 is 0 Å². The maximum atomic E-state index is 13.0. The predicted molar refractivity (Wildman–Crippen MR) is 44.9 cm³/mol. The van der Waals surface area contributed by atoms with Crippen LogP contribution in [0.25, 0.3) is 0 Å². The molecule has 0 aliphatic heterocycles. The highest BCUT2D eigenvalue weighted by Crippen LogP contribution is 2.17. The fraction of sp³-hybridized carbons (Fsp3) is 0.400. The average Bonchev–Trinajstić information content (AvgIpc) is 1.98. The first-order valence-corrected chi connectivity index (χ1v) is 4.14. The van der Waals surface area contributed by atoms with Crippen molar-refractivity contribution in [2.24, 2.45) is 5.92 Å². The Labute approximate surface area is 75.4 Å². The molecule has 0 nitrogen and oxygen atoms in total. The molecule has 0 saturated heterocycles. The smallest absolute Gasteiger partial charge is 0.162 e. The highest BCUT2D eigenvalue weighted by atomic mass is 19.2. The molecule has 0 heterocycles. The monoisotopic (exact) mass is 188 g/mol. The van der Waals surface area contributed by atoms with Gasteiger partial charge in [-0.1, -0.05) is 13.8 Å². The van der Waals surface area contributed by atoms with Gasteiger partial charge in [0.1, 0.15) is 5.82 Å². The first kappa shape index (κ1) is 10.1. The number of benzene rings is 1. The van der Waals surface area contributed by atoms with Gasteiger partial charge in [-0.25, -0.2) is 13.2 Å². The van der Waals surface area contributed by atoms with Gasteiger partial charge < -0.3 is 0 Å². The lowest BCUT2D eigenvalue weighted by Crippen LogP contribution is -2.00. The molecule has 0 bridgehead atoms. The van der Waals surface area contributed by atoms with E-state index in [2.05, 4.69) is 0 Å². The molecule has 0 atom stereocenters. The van der Waals surface area contributed by atoms with E-state index in [1.807, 2.05) is 13.8 Å². The van der Waals surface area contributed by atoms with Gasteiger partial charge >= 0.3 is 0 Å². The quantitative estimate of drug-likeness (QED) is 0.624. The Morgan fingerprint density at radius 2 is 1.77 bits per heavy atom. The molecule has 0 aliphatic rings. The van der Waals surface area contributed by atoms with Crippen molar-refractivity contribution < 1.29 is 13.2 Å². The number of hydrogen-bond donors (Lipinski definition) is 0. The van der Waals surface area contributed by atoms with E-state index in [4.69, 9.17) is 0 Å². The summed E-state index contributed by atoms with van der Waals surface area (Å²) in [7, 11) is 0. The summed E-state index contributed by atoms with van der Waals surface area (Å²) in [5, 5.41) is 0. The molecule has 3 heteroatoms. The van der Waals surface area contributed by atoms with E-state index < -0.39 is 17.5 Å². The van der Waals surface area contributed by atoms with Gasteiger partial charge in [0.05, 0.1) is 0 Å². The molecule has 1 aromatic rings. The SMILES string of the molecule is CC(C)Cc1cc(F)cc(F)c1F. The number of halogens is 3. The van der Waals surface area contributed by atoms with E-state index in [1.165, 1.54) is 0 Å². The van der Waals surface area contributed by atoms with Gasteiger partial charge in [-0.15, -0.1) is 0 Å². The van der Waals surface area contributed by atoms with Crippen LogP contribution in [0.1, 0.15) is 19.4 Å². The molecule has 0 amide bonds. The van der Waals surface area contributed by atoms with Crippen LogP contribution < -0.4 is 0 Å². The van der Waals surface area contributed by atoms with Gasteiger partial charge in [0, 0.05) is 6.07 Å². The lowest BCUT2D eigenvalue weighted by Gasteiger charge is -2.06. The Bertz CT molecular complexity index is 305. The third-order valence-electron chi connectivity index (χ3n) is 1.70. The minimum Gasteiger partial charge on any atom is -0.207 e. The van der Waals surface area contributed by atoms with Crippen LogP contribution in [0, 0.1) is 23.4 Å². The predicted octanol–water partition coefficient (Wildman–Crippen LogP) is 3.30.